The van der Waals surface area contributed by atoms with E-state index in [0.29, 0.717) is 12.5 Å². The molecule has 134 valence electrons. The van der Waals surface area contributed by atoms with Gasteiger partial charge in [-0.2, -0.15) is 0 Å². The first-order valence-electron chi connectivity index (χ1n) is 8.91. The molecular weight excluding hydrogens is 314 g/mol. The number of aliphatic imine (C=N–C) groups is 1. The number of nitrogens with one attached hydrogen (secondary N) is 2. The van der Waals surface area contributed by atoms with E-state index in [2.05, 4.69) is 46.8 Å². The van der Waals surface area contributed by atoms with Crippen LogP contribution in [0.1, 0.15) is 35.8 Å². The molecule has 1 fully saturated rings. The lowest BCUT2D eigenvalue weighted by Crippen LogP contribution is -2.41. The molecule has 1 aromatic carbocycles. The van der Waals surface area contributed by atoms with E-state index in [9.17, 15) is 0 Å². The molecule has 0 saturated carbocycles. The van der Waals surface area contributed by atoms with Gasteiger partial charge in [0.25, 0.3) is 0 Å². The quantitative estimate of drug-likeness (QED) is 0.646. The molecule has 1 aliphatic rings. The van der Waals surface area contributed by atoms with Crippen LogP contribution >= 0.6 is 0 Å². The van der Waals surface area contributed by atoms with Gasteiger partial charge < -0.3 is 19.8 Å². The first kappa shape index (κ1) is 17.5. The molecule has 1 aromatic heterocycles. The Bertz CT molecular complexity index is 665. The van der Waals surface area contributed by atoms with Crippen LogP contribution in [-0.4, -0.2) is 26.2 Å². The Hall–Kier alpha value is -2.27. The first-order chi connectivity index (χ1) is 12.3. The van der Waals surface area contributed by atoms with E-state index in [-0.39, 0.29) is 6.10 Å². The molecule has 1 saturated heterocycles. The van der Waals surface area contributed by atoms with Gasteiger partial charge in [0.1, 0.15) is 5.76 Å². The van der Waals surface area contributed by atoms with Gasteiger partial charge in [-0.3, -0.25) is 4.99 Å². The van der Waals surface area contributed by atoms with Crippen LogP contribution in [0.5, 0.6) is 0 Å². The van der Waals surface area contributed by atoms with E-state index in [0.717, 1.165) is 37.7 Å². The van der Waals surface area contributed by atoms with Gasteiger partial charge >= 0.3 is 0 Å². The second kappa shape index (κ2) is 8.72. The minimum absolute atomic E-state index is 0.144. The Balaban J connectivity index is 1.56. The zero-order chi connectivity index (χ0) is 17.5. The number of guanidine groups is 1. The zero-order valence-electron chi connectivity index (χ0n) is 15.0. The van der Waals surface area contributed by atoms with Crippen molar-refractivity contribution in [1.82, 2.24) is 10.6 Å². The van der Waals surface area contributed by atoms with E-state index >= 15 is 0 Å². The normalized spacial score (nSPS) is 21.1. The second-order valence-corrected chi connectivity index (χ2v) is 6.49. The summed E-state index contributed by atoms with van der Waals surface area (Å²) in [4.78, 5) is 4.29. The molecule has 2 atom stereocenters. The van der Waals surface area contributed by atoms with Gasteiger partial charge in [-0.15, -0.1) is 0 Å². The molecule has 0 radical (unpaired) electrons. The summed E-state index contributed by atoms with van der Waals surface area (Å²) >= 11 is 0. The van der Waals surface area contributed by atoms with E-state index in [4.69, 9.17) is 9.15 Å². The van der Waals surface area contributed by atoms with Crippen LogP contribution in [0.25, 0.3) is 0 Å². The van der Waals surface area contributed by atoms with Gasteiger partial charge in [-0.1, -0.05) is 29.8 Å². The number of aryl methyl sites for hydroxylation is 1. The van der Waals surface area contributed by atoms with Crippen molar-refractivity contribution in [3.8, 4) is 0 Å². The average molecular weight is 341 g/mol. The van der Waals surface area contributed by atoms with Crippen molar-refractivity contribution in [3.63, 3.8) is 0 Å². The lowest BCUT2D eigenvalue weighted by atomic mass is 9.89. The van der Waals surface area contributed by atoms with E-state index in [1.54, 1.807) is 13.3 Å². The van der Waals surface area contributed by atoms with Crippen molar-refractivity contribution in [3.05, 3.63) is 59.5 Å². The molecule has 2 N–H and O–H groups in total. The minimum atomic E-state index is 0.144. The third-order valence-electron chi connectivity index (χ3n) is 4.62. The van der Waals surface area contributed by atoms with Crippen LogP contribution in [0, 0.1) is 12.8 Å². The maximum Gasteiger partial charge on any atom is 0.191 e. The van der Waals surface area contributed by atoms with Crippen LogP contribution < -0.4 is 10.6 Å². The lowest BCUT2D eigenvalue weighted by Gasteiger charge is -2.32. The van der Waals surface area contributed by atoms with Crippen LogP contribution in [0.4, 0.5) is 0 Å². The van der Waals surface area contributed by atoms with Crippen molar-refractivity contribution in [2.75, 3.05) is 20.2 Å². The molecule has 0 aliphatic carbocycles. The van der Waals surface area contributed by atoms with Gasteiger partial charge in [-0.05, 0) is 37.5 Å². The molecule has 1 aliphatic heterocycles. The van der Waals surface area contributed by atoms with Crippen LogP contribution in [-0.2, 0) is 11.3 Å². The Morgan fingerprint density at radius 3 is 2.76 bits per heavy atom. The minimum Gasteiger partial charge on any atom is -0.467 e. The molecule has 2 aromatic rings. The number of rotatable bonds is 5. The van der Waals surface area contributed by atoms with Crippen molar-refractivity contribution in [2.24, 2.45) is 10.9 Å². The molecule has 3 rings (SSSR count). The maximum absolute atomic E-state index is 6.09. The average Bonchev–Trinajstić information content (AvgIpc) is 3.16. The van der Waals surface area contributed by atoms with Gasteiger partial charge in [0, 0.05) is 26.1 Å². The summed E-state index contributed by atoms with van der Waals surface area (Å²) in [5.74, 6) is 2.10. The third kappa shape index (κ3) is 4.86. The van der Waals surface area contributed by atoms with E-state index in [1.807, 2.05) is 12.1 Å². The molecular formula is C20H27N3O2. The molecule has 0 bridgehead atoms. The highest BCUT2D eigenvalue weighted by Gasteiger charge is 2.27. The van der Waals surface area contributed by atoms with Crippen LogP contribution in [0.2, 0.25) is 0 Å². The number of hydrogen-bond donors (Lipinski definition) is 2. The summed E-state index contributed by atoms with van der Waals surface area (Å²) in [5.41, 5.74) is 2.53. The Morgan fingerprint density at radius 1 is 1.20 bits per heavy atom. The molecule has 5 heteroatoms. The van der Waals surface area contributed by atoms with Crippen molar-refractivity contribution in [2.45, 2.75) is 32.4 Å². The fraction of sp³-hybridized carbons (Fsp3) is 0.450. The number of ether oxygens (including phenoxy) is 1. The van der Waals surface area contributed by atoms with E-state index in [1.165, 1.54) is 11.1 Å². The van der Waals surface area contributed by atoms with Gasteiger partial charge in [0.2, 0.25) is 0 Å². The monoisotopic (exact) mass is 341 g/mol. The van der Waals surface area contributed by atoms with Gasteiger partial charge in [-0.25, -0.2) is 0 Å². The standard InChI is InChI=1S/C20H27N3O2/c1-15-7-9-16(10-8-15)19-17(5-3-12-25-19)13-22-20(21-2)23-14-18-6-4-11-24-18/h4,6-11,17,19H,3,5,12-14H2,1-2H3,(H2,21,22,23). The Kier molecular flexibility index (Phi) is 6.12. The van der Waals surface area contributed by atoms with Gasteiger partial charge in [0.15, 0.2) is 5.96 Å². The second-order valence-electron chi connectivity index (χ2n) is 6.49. The van der Waals surface area contributed by atoms with Gasteiger partial charge in [0.05, 0.1) is 18.9 Å². The fourth-order valence-electron chi connectivity index (χ4n) is 3.21. The summed E-state index contributed by atoms with van der Waals surface area (Å²) < 4.78 is 11.4. The number of furan rings is 1. The topological polar surface area (TPSA) is 58.8 Å². The van der Waals surface area contributed by atoms with Crippen molar-refractivity contribution >= 4 is 5.96 Å². The predicted octanol–water partition coefficient (Wildman–Crippen LogP) is 3.42. The van der Waals surface area contributed by atoms with E-state index < -0.39 is 0 Å². The fourth-order valence-corrected chi connectivity index (χ4v) is 3.21. The molecule has 25 heavy (non-hydrogen) atoms. The maximum atomic E-state index is 6.09. The molecule has 0 amide bonds. The third-order valence-corrected chi connectivity index (χ3v) is 4.62. The number of nitrogens with zero attached hydrogens (tertiary/aromatic N) is 1. The number of benzene rings is 1. The Labute approximate surface area is 149 Å². The SMILES string of the molecule is CN=C(NCc1ccco1)NCC1CCCOC1c1ccc(C)cc1. The lowest BCUT2D eigenvalue weighted by molar-refractivity contribution is -0.0265. The number of hydrogen-bond acceptors (Lipinski definition) is 3. The summed E-state index contributed by atoms with van der Waals surface area (Å²) in [6.45, 7) is 4.39. The van der Waals surface area contributed by atoms with Crippen molar-refractivity contribution < 1.29 is 9.15 Å². The summed E-state index contributed by atoms with van der Waals surface area (Å²) in [6, 6.07) is 12.5. The Morgan fingerprint density at radius 2 is 2.04 bits per heavy atom. The highest BCUT2D eigenvalue weighted by Crippen LogP contribution is 2.33. The highest BCUT2D eigenvalue weighted by molar-refractivity contribution is 5.79. The molecule has 5 nitrogen and oxygen atoms in total. The molecule has 0 spiro atoms. The molecule has 2 heterocycles. The summed E-state index contributed by atoms with van der Waals surface area (Å²) in [5, 5.41) is 6.71. The predicted molar refractivity (Wildman–Crippen MR) is 99.5 cm³/mol. The molecule has 2 unspecified atom stereocenters. The van der Waals surface area contributed by atoms with Crippen LogP contribution in [0.15, 0.2) is 52.1 Å². The summed E-state index contributed by atoms with van der Waals surface area (Å²) in [6.07, 6.45) is 4.08. The smallest absolute Gasteiger partial charge is 0.191 e. The first-order valence-corrected chi connectivity index (χ1v) is 8.91. The van der Waals surface area contributed by atoms with Crippen LogP contribution in [0.3, 0.4) is 0 Å². The largest absolute Gasteiger partial charge is 0.467 e. The highest BCUT2D eigenvalue weighted by atomic mass is 16.5. The summed E-state index contributed by atoms with van der Waals surface area (Å²) in [7, 11) is 1.78. The zero-order valence-corrected chi connectivity index (χ0v) is 15.0. The van der Waals surface area contributed by atoms with Crippen molar-refractivity contribution in [1.29, 1.82) is 0 Å².